The second-order valence-electron chi connectivity index (χ2n) is 7.95. The van der Waals surface area contributed by atoms with Crippen LogP contribution in [-0.4, -0.2) is 30.2 Å². The highest BCUT2D eigenvalue weighted by Crippen LogP contribution is 2.26. The molecule has 3 heterocycles. The summed E-state index contributed by atoms with van der Waals surface area (Å²) in [4.78, 5) is 35.2. The molecule has 0 spiro atoms. The zero-order valence-electron chi connectivity index (χ0n) is 18.6. The van der Waals surface area contributed by atoms with Gasteiger partial charge in [0.2, 0.25) is 11.8 Å². The number of para-hydroxylation sites is 1. The summed E-state index contributed by atoms with van der Waals surface area (Å²) in [6.45, 7) is 3.82. The lowest BCUT2D eigenvalue weighted by atomic mass is 10.2. The molecular formula is C24H21ClN6O3. The normalized spacial score (nSPS) is 11.4. The van der Waals surface area contributed by atoms with Crippen molar-refractivity contribution in [2.45, 2.75) is 33.4 Å². The van der Waals surface area contributed by atoms with Crippen LogP contribution in [-0.2, 0) is 24.3 Å². The maximum atomic E-state index is 13.5. The molecule has 5 aromatic rings. The van der Waals surface area contributed by atoms with Gasteiger partial charge in [-0.3, -0.25) is 14.2 Å². The van der Waals surface area contributed by atoms with Gasteiger partial charge in [-0.15, -0.1) is 0 Å². The van der Waals surface area contributed by atoms with Crippen LogP contribution >= 0.6 is 11.6 Å². The smallest absolute Gasteiger partial charge is 0.278 e. The highest BCUT2D eigenvalue weighted by Gasteiger charge is 2.19. The average Bonchev–Trinajstić information content (AvgIpc) is 3.41. The molecule has 0 aliphatic rings. The van der Waals surface area contributed by atoms with Gasteiger partial charge in [0.15, 0.2) is 5.82 Å². The van der Waals surface area contributed by atoms with Crippen LogP contribution in [0.15, 0.2) is 58.1 Å². The molecule has 0 fully saturated rings. The Morgan fingerprint density at radius 2 is 2.03 bits per heavy atom. The Bertz CT molecular complexity index is 1600. The lowest BCUT2D eigenvalue weighted by Gasteiger charge is -2.10. The van der Waals surface area contributed by atoms with E-state index in [1.165, 1.54) is 10.9 Å². The van der Waals surface area contributed by atoms with Crippen molar-refractivity contribution in [1.29, 1.82) is 0 Å². The zero-order chi connectivity index (χ0) is 23.8. The molecule has 9 nitrogen and oxygen atoms in total. The van der Waals surface area contributed by atoms with Crippen LogP contribution in [0.25, 0.3) is 21.9 Å². The van der Waals surface area contributed by atoms with Gasteiger partial charge in [-0.05, 0) is 30.7 Å². The van der Waals surface area contributed by atoms with E-state index in [2.05, 4.69) is 20.4 Å². The van der Waals surface area contributed by atoms with E-state index in [1.54, 1.807) is 16.7 Å². The first-order valence-electron chi connectivity index (χ1n) is 10.8. The van der Waals surface area contributed by atoms with Gasteiger partial charge in [0, 0.05) is 22.5 Å². The Kier molecular flexibility index (Phi) is 5.62. The first-order valence-corrected chi connectivity index (χ1v) is 11.2. The number of nitrogens with zero attached hydrogens (tertiary/aromatic N) is 5. The Morgan fingerprint density at radius 3 is 2.79 bits per heavy atom. The quantitative estimate of drug-likeness (QED) is 0.397. The number of anilines is 1. The number of benzene rings is 2. The number of aryl methyl sites for hydroxylation is 2. The maximum absolute atomic E-state index is 13.5. The van der Waals surface area contributed by atoms with Gasteiger partial charge in [0.1, 0.15) is 24.1 Å². The predicted octanol–water partition coefficient (Wildman–Crippen LogP) is 3.95. The number of carbonyl (C=O) groups excluding carboxylic acids is 1. The largest absolute Gasteiger partial charge is 0.337 e. The Labute approximate surface area is 199 Å². The molecule has 10 heteroatoms. The number of fused-ring (bicyclic) bond motifs is 3. The molecule has 0 unspecified atom stereocenters. The molecule has 0 aliphatic carbocycles. The fraction of sp³-hybridized carbons (Fsp3) is 0.208. The standard InChI is InChI=1S/C24H21ClN6O3/c1-3-19-28-21(34-29-19)12-30-13-26-22-16-6-4-5-7-18(16)31(23(22)24(30)33)11-20(32)27-15-9-8-14(2)17(25)10-15/h4-10,13H,3,11-12H2,1-2H3,(H,27,32). The third kappa shape index (κ3) is 3.94. The van der Waals surface area contributed by atoms with E-state index in [1.807, 2.05) is 44.2 Å². The molecule has 0 saturated carbocycles. The van der Waals surface area contributed by atoms with Crippen LogP contribution in [0, 0.1) is 6.92 Å². The van der Waals surface area contributed by atoms with Crippen molar-refractivity contribution in [3.63, 3.8) is 0 Å². The molecule has 5 rings (SSSR count). The van der Waals surface area contributed by atoms with Crippen LogP contribution in [0.2, 0.25) is 5.02 Å². The van der Waals surface area contributed by atoms with Crippen LogP contribution in [0.4, 0.5) is 5.69 Å². The summed E-state index contributed by atoms with van der Waals surface area (Å²) < 4.78 is 8.33. The van der Waals surface area contributed by atoms with E-state index in [9.17, 15) is 9.59 Å². The summed E-state index contributed by atoms with van der Waals surface area (Å²) in [7, 11) is 0. The van der Waals surface area contributed by atoms with E-state index in [4.69, 9.17) is 16.1 Å². The lowest BCUT2D eigenvalue weighted by molar-refractivity contribution is -0.116. The molecule has 2 aromatic carbocycles. The number of hydrogen-bond donors (Lipinski definition) is 1. The molecule has 0 radical (unpaired) electrons. The SMILES string of the molecule is CCc1noc(Cn2cnc3c4ccccc4n(CC(=O)Nc4ccc(C)c(Cl)c4)c3c2=O)n1. The topological polar surface area (TPSA) is 108 Å². The molecule has 1 N–H and O–H groups in total. The fourth-order valence-electron chi connectivity index (χ4n) is 3.88. The molecule has 0 atom stereocenters. The molecule has 34 heavy (non-hydrogen) atoms. The maximum Gasteiger partial charge on any atom is 0.278 e. The lowest BCUT2D eigenvalue weighted by Crippen LogP contribution is -2.25. The summed E-state index contributed by atoms with van der Waals surface area (Å²) in [5, 5.41) is 8.09. The molecule has 0 saturated heterocycles. The van der Waals surface area contributed by atoms with Gasteiger partial charge in [-0.2, -0.15) is 4.98 Å². The van der Waals surface area contributed by atoms with Crippen molar-refractivity contribution in [3.05, 3.63) is 81.4 Å². The predicted molar refractivity (Wildman–Crippen MR) is 129 cm³/mol. The molecule has 0 aliphatic heterocycles. The number of nitrogens with one attached hydrogen (secondary N) is 1. The Hall–Kier alpha value is -3.98. The summed E-state index contributed by atoms with van der Waals surface area (Å²) in [6.07, 6.45) is 2.09. The van der Waals surface area contributed by atoms with Crippen LogP contribution in [0.1, 0.15) is 24.2 Å². The van der Waals surface area contributed by atoms with Crippen molar-refractivity contribution in [3.8, 4) is 0 Å². The summed E-state index contributed by atoms with van der Waals surface area (Å²) in [5.41, 5.74) is 2.80. The average molecular weight is 477 g/mol. The fourth-order valence-corrected chi connectivity index (χ4v) is 4.06. The Morgan fingerprint density at radius 1 is 1.21 bits per heavy atom. The minimum Gasteiger partial charge on any atom is -0.337 e. The van der Waals surface area contributed by atoms with E-state index in [0.717, 1.165) is 16.5 Å². The number of aromatic nitrogens is 5. The Balaban J connectivity index is 1.55. The van der Waals surface area contributed by atoms with Crippen molar-refractivity contribution < 1.29 is 9.32 Å². The highest BCUT2D eigenvalue weighted by atomic mass is 35.5. The van der Waals surface area contributed by atoms with E-state index < -0.39 is 0 Å². The monoisotopic (exact) mass is 476 g/mol. The second-order valence-corrected chi connectivity index (χ2v) is 8.36. The first kappa shape index (κ1) is 21.8. The molecule has 172 valence electrons. The van der Waals surface area contributed by atoms with E-state index >= 15 is 0 Å². The third-order valence-electron chi connectivity index (χ3n) is 5.62. The van der Waals surface area contributed by atoms with Crippen LogP contribution in [0.5, 0.6) is 0 Å². The van der Waals surface area contributed by atoms with E-state index in [0.29, 0.717) is 39.9 Å². The molecule has 3 aromatic heterocycles. The number of halogens is 1. The van der Waals surface area contributed by atoms with Crippen LogP contribution in [0.3, 0.4) is 0 Å². The second kappa shape index (κ2) is 8.75. The highest BCUT2D eigenvalue weighted by molar-refractivity contribution is 6.31. The number of carbonyl (C=O) groups is 1. The van der Waals surface area contributed by atoms with Crippen molar-refractivity contribution in [1.82, 2.24) is 24.3 Å². The van der Waals surface area contributed by atoms with E-state index in [-0.39, 0.29) is 24.6 Å². The van der Waals surface area contributed by atoms with Crippen molar-refractivity contribution in [2.24, 2.45) is 0 Å². The van der Waals surface area contributed by atoms with Crippen molar-refractivity contribution in [2.75, 3.05) is 5.32 Å². The van der Waals surface area contributed by atoms with Gasteiger partial charge >= 0.3 is 0 Å². The van der Waals surface area contributed by atoms with Gasteiger partial charge < -0.3 is 14.4 Å². The van der Waals surface area contributed by atoms with Crippen LogP contribution < -0.4 is 10.9 Å². The summed E-state index contributed by atoms with van der Waals surface area (Å²) >= 11 is 6.19. The number of amides is 1. The third-order valence-corrected chi connectivity index (χ3v) is 6.03. The minimum atomic E-state index is -0.302. The number of hydrogen-bond acceptors (Lipinski definition) is 6. The summed E-state index contributed by atoms with van der Waals surface area (Å²) in [5.74, 6) is 0.595. The molecular weight excluding hydrogens is 456 g/mol. The minimum absolute atomic E-state index is 0.0724. The zero-order valence-corrected chi connectivity index (χ0v) is 19.3. The molecule has 0 bridgehead atoms. The van der Waals surface area contributed by atoms with Gasteiger partial charge in [0.05, 0.1) is 11.8 Å². The van der Waals surface area contributed by atoms with Crippen molar-refractivity contribution >= 4 is 45.1 Å². The van der Waals surface area contributed by atoms with Gasteiger partial charge in [-0.1, -0.05) is 47.9 Å². The first-order chi connectivity index (χ1) is 16.4. The van der Waals surface area contributed by atoms with Gasteiger partial charge in [0.25, 0.3) is 5.56 Å². The summed E-state index contributed by atoms with van der Waals surface area (Å²) in [6, 6.07) is 12.8. The molecule has 1 amide bonds. The number of rotatable bonds is 6. The van der Waals surface area contributed by atoms with Gasteiger partial charge in [-0.25, -0.2) is 4.98 Å².